The molecule has 0 fully saturated rings. The minimum Gasteiger partial charge on any atom is -0.497 e. The van der Waals surface area contributed by atoms with Crippen molar-refractivity contribution in [1.82, 2.24) is 0 Å². The fraction of sp³-hybridized carbons (Fsp3) is 0.200. The predicted molar refractivity (Wildman–Crippen MR) is 116 cm³/mol. The molecule has 3 rings (SSSR count). The normalized spacial score (nSPS) is 11.4. The van der Waals surface area contributed by atoms with Crippen LogP contribution in [0.1, 0.15) is 26.3 Å². The Morgan fingerprint density at radius 1 is 0.839 bits per heavy atom. The number of hydrogen-bond acceptors (Lipinski definition) is 6. The Bertz CT molecular complexity index is 998. The fourth-order valence-electron chi connectivity index (χ4n) is 3.03. The molecule has 3 aromatic carbocycles. The van der Waals surface area contributed by atoms with Crippen LogP contribution in [0.3, 0.4) is 0 Å². The number of benzene rings is 3. The highest BCUT2D eigenvalue weighted by Crippen LogP contribution is 2.23. The molecule has 1 atom stereocenters. The molecule has 0 heterocycles. The largest absolute Gasteiger partial charge is 0.497 e. The van der Waals surface area contributed by atoms with E-state index in [9.17, 15) is 9.59 Å². The van der Waals surface area contributed by atoms with Crippen LogP contribution in [-0.2, 0) is 15.9 Å². The van der Waals surface area contributed by atoms with Crippen LogP contribution >= 0.6 is 0 Å². The molecule has 0 aliphatic heterocycles. The van der Waals surface area contributed by atoms with Gasteiger partial charge in [-0.1, -0.05) is 42.5 Å². The van der Waals surface area contributed by atoms with Gasteiger partial charge >= 0.3 is 5.97 Å². The number of carbonyl (C=O) groups excluding carboxylic acids is 2. The van der Waals surface area contributed by atoms with Gasteiger partial charge in [0.25, 0.3) is 0 Å². The highest BCUT2D eigenvalue weighted by Gasteiger charge is 2.27. The van der Waals surface area contributed by atoms with Crippen molar-refractivity contribution in [2.75, 3.05) is 21.0 Å². The monoisotopic (exact) mass is 420 g/mol. The number of hydrogen-bond donors (Lipinski definition) is 0. The summed E-state index contributed by atoms with van der Waals surface area (Å²) in [5.41, 5.74) is 1.53. The van der Waals surface area contributed by atoms with E-state index < -0.39 is 12.1 Å². The maximum absolute atomic E-state index is 13.4. The summed E-state index contributed by atoms with van der Waals surface area (Å²) in [5.74, 6) is 0.0511. The van der Waals surface area contributed by atoms with Crippen LogP contribution in [0.25, 0.3) is 0 Å². The number of carbonyl (C=O) groups is 2. The molecule has 31 heavy (non-hydrogen) atoms. The van der Waals surface area contributed by atoms with Crippen LogP contribution in [0.2, 0.25) is 0 Å². The van der Waals surface area contributed by atoms with Gasteiger partial charge in [-0.3, -0.25) is 4.79 Å². The SMILES string of the molecule is COCOc1ccccc1C(=O)C(Cc1ccccc1)OC(=O)c1ccc(OC)cc1. The van der Waals surface area contributed by atoms with E-state index in [0.717, 1.165) is 5.56 Å². The maximum atomic E-state index is 13.4. The van der Waals surface area contributed by atoms with Crippen molar-refractivity contribution in [2.24, 2.45) is 0 Å². The number of ketones is 1. The smallest absolute Gasteiger partial charge is 0.338 e. The number of esters is 1. The van der Waals surface area contributed by atoms with E-state index in [1.807, 2.05) is 30.3 Å². The van der Waals surface area contributed by atoms with E-state index in [1.165, 1.54) is 7.11 Å². The van der Waals surface area contributed by atoms with Gasteiger partial charge in [0.15, 0.2) is 12.9 Å². The summed E-state index contributed by atoms with van der Waals surface area (Å²) < 4.78 is 21.3. The van der Waals surface area contributed by atoms with Gasteiger partial charge in [-0.15, -0.1) is 0 Å². The van der Waals surface area contributed by atoms with Crippen molar-refractivity contribution < 1.29 is 28.5 Å². The molecule has 0 N–H and O–H groups in total. The van der Waals surface area contributed by atoms with Crippen molar-refractivity contribution in [1.29, 1.82) is 0 Å². The third-order valence-corrected chi connectivity index (χ3v) is 4.62. The zero-order chi connectivity index (χ0) is 22.1. The van der Waals surface area contributed by atoms with E-state index in [2.05, 4.69) is 0 Å². The quantitative estimate of drug-likeness (QED) is 0.276. The molecule has 160 valence electrons. The average Bonchev–Trinajstić information content (AvgIpc) is 2.82. The van der Waals surface area contributed by atoms with Crippen molar-refractivity contribution >= 4 is 11.8 Å². The first-order valence-corrected chi connectivity index (χ1v) is 9.76. The summed E-state index contributed by atoms with van der Waals surface area (Å²) in [5, 5.41) is 0. The Hall–Kier alpha value is -3.64. The fourth-order valence-corrected chi connectivity index (χ4v) is 3.03. The lowest BCUT2D eigenvalue weighted by Crippen LogP contribution is -2.30. The molecule has 0 saturated carbocycles. The second-order valence-electron chi connectivity index (χ2n) is 6.72. The lowest BCUT2D eigenvalue weighted by molar-refractivity contribution is 0.0275. The molecule has 1 unspecified atom stereocenters. The van der Waals surface area contributed by atoms with Crippen molar-refractivity contribution in [3.63, 3.8) is 0 Å². The standard InChI is InChI=1S/C25H24O6/c1-28-17-30-22-11-7-6-10-21(22)24(26)23(16-18-8-4-3-5-9-18)31-25(27)19-12-14-20(29-2)15-13-19/h3-15,23H,16-17H2,1-2H3. The number of para-hydroxylation sites is 1. The van der Waals surface area contributed by atoms with Crippen molar-refractivity contribution in [2.45, 2.75) is 12.5 Å². The molecule has 0 spiro atoms. The van der Waals surface area contributed by atoms with Gasteiger partial charge in [0.1, 0.15) is 11.5 Å². The van der Waals surface area contributed by atoms with Gasteiger partial charge in [-0.25, -0.2) is 4.79 Å². The molecule has 0 amide bonds. The van der Waals surface area contributed by atoms with Gasteiger partial charge in [0.2, 0.25) is 5.78 Å². The summed E-state index contributed by atoms with van der Waals surface area (Å²) in [6.45, 7) is -0.000713. The molecule has 0 aliphatic carbocycles. The Morgan fingerprint density at radius 3 is 2.19 bits per heavy atom. The highest BCUT2D eigenvalue weighted by molar-refractivity contribution is 6.03. The minimum atomic E-state index is -1.02. The number of methoxy groups -OCH3 is 2. The van der Waals surface area contributed by atoms with Gasteiger partial charge in [-0.05, 0) is 42.0 Å². The number of rotatable bonds is 10. The van der Waals surface area contributed by atoms with Gasteiger partial charge in [0.05, 0.1) is 18.2 Å². The minimum absolute atomic E-state index is 0.000713. The molecule has 0 aromatic heterocycles. The van der Waals surface area contributed by atoms with Crippen LogP contribution in [0.15, 0.2) is 78.9 Å². The summed E-state index contributed by atoms with van der Waals surface area (Å²) in [6, 6.07) is 22.7. The van der Waals surface area contributed by atoms with E-state index in [-0.39, 0.29) is 19.0 Å². The van der Waals surface area contributed by atoms with E-state index in [4.69, 9.17) is 18.9 Å². The van der Waals surface area contributed by atoms with Crippen LogP contribution in [0.5, 0.6) is 11.5 Å². The number of Topliss-reactive ketones (excluding diaryl/α,β-unsaturated/α-hetero) is 1. The third kappa shape index (κ3) is 5.93. The van der Waals surface area contributed by atoms with E-state index in [0.29, 0.717) is 22.6 Å². The van der Waals surface area contributed by atoms with Crippen LogP contribution < -0.4 is 9.47 Å². The van der Waals surface area contributed by atoms with Crippen molar-refractivity contribution in [3.05, 3.63) is 95.6 Å². The first-order chi connectivity index (χ1) is 15.1. The summed E-state index contributed by atoms with van der Waals surface area (Å²) in [4.78, 5) is 26.2. The van der Waals surface area contributed by atoms with Crippen LogP contribution in [0, 0.1) is 0 Å². The first kappa shape index (κ1) is 22.1. The zero-order valence-electron chi connectivity index (χ0n) is 17.4. The Labute approximate surface area is 181 Å². The van der Waals surface area contributed by atoms with Crippen molar-refractivity contribution in [3.8, 4) is 11.5 Å². The second kappa shape index (κ2) is 10.9. The van der Waals surface area contributed by atoms with E-state index >= 15 is 0 Å². The molecule has 6 heteroatoms. The van der Waals surface area contributed by atoms with Gasteiger partial charge in [-0.2, -0.15) is 0 Å². The molecule has 3 aromatic rings. The molecular weight excluding hydrogens is 396 g/mol. The van der Waals surface area contributed by atoms with Gasteiger partial charge < -0.3 is 18.9 Å². The molecule has 0 aliphatic rings. The van der Waals surface area contributed by atoms with Crippen LogP contribution in [-0.4, -0.2) is 38.9 Å². The number of ether oxygens (including phenoxy) is 4. The van der Waals surface area contributed by atoms with Crippen LogP contribution in [0.4, 0.5) is 0 Å². The van der Waals surface area contributed by atoms with Gasteiger partial charge in [0, 0.05) is 13.5 Å². The van der Waals surface area contributed by atoms with E-state index in [1.54, 1.807) is 55.6 Å². The second-order valence-corrected chi connectivity index (χ2v) is 6.72. The molecule has 0 radical (unpaired) electrons. The maximum Gasteiger partial charge on any atom is 0.338 e. The average molecular weight is 420 g/mol. The third-order valence-electron chi connectivity index (χ3n) is 4.62. The first-order valence-electron chi connectivity index (χ1n) is 9.76. The topological polar surface area (TPSA) is 71.1 Å². The molecular formula is C25H24O6. The molecule has 6 nitrogen and oxygen atoms in total. The molecule has 0 bridgehead atoms. The molecule has 0 saturated heterocycles. The Balaban J connectivity index is 1.87. The highest BCUT2D eigenvalue weighted by atomic mass is 16.7. The lowest BCUT2D eigenvalue weighted by Gasteiger charge is -2.19. The lowest BCUT2D eigenvalue weighted by atomic mass is 9.99. The Kier molecular flexibility index (Phi) is 7.79. The predicted octanol–water partition coefficient (Wildman–Crippen LogP) is 4.33. The Morgan fingerprint density at radius 2 is 1.52 bits per heavy atom. The summed E-state index contributed by atoms with van der Waals surface area (Å²) in [6.07, 6.45) is -0.788. The summed E-state index contributed by atoms with van der Waals surface area (Å²) >= 11 is 0. The zero-order valence-corrected chi connectivity index (χ0v) is 17.4. The summed E-state index contributed by atoms with van der Waals surface area (Å²) in [7, 11) is 3.05.